The summed E-state index contributed by atoms with van der Waals surface area (Å²) < 4.78 is 1.71. The van der Waals surface area contributed by atoms with Crippen molar-refractivity contribution in [2.75, 3.05) is 0 Å². The quantitative estimate of drug-likeness (QED) is 0.408. The third kappa shape index (κ3) is 2.44. The van der Waals surface area contributed by atoms with Gasteiger partial charge in [-0.1, -0.05) is 35.9 Å². The smallest absolute Gasteiger partial charge is 0.205 e. The monoisotopic (exact) mass is 339 g/mol. The van der Waals surface area contributed by atoms with Crippen LogP contribution in [0.3, 0.4) is 0 Å². The molecule has 0 bridgehead atoms. The molecule has 6 heteroatoms. The lowest BCUT2D eigenvalue weighted by atomic mass is 10.1. The molecule has 1 aromatic carbocycles. The lowest BCUT2D eigenvalue weighted by molar-refractivity contribution is 0.104. The number of thiazole rings is 1. The Balaban J connectivity index is 1.74. The molecule has 0 fully saturated rings. The molecule has 0 aliphatic heterocycles. The second kappa shape index (κ2) is 5.61. The molecule has 112 valence electrons. The maximum atomic E-state index is 12.5. The number of ketones is 1. The van der Waals surface area contributed by atoms with Crippen LogP contribution >= 0.6 is 22.9 Å². The highest BCUT2D eigenvalue weighted by Gasteiger charge is 2.16. The van der Waals surface area contributed by atoms with Crippen molar-refractivity contribution < 1.29 is 4.79 Å². The fraction of sp³-hybridized carbons (Fsp3) is 0. The van der Waals surface area contributed by atoms with Crippen molar-refractivity contribution in [3.05, 3.63) is 70.7 Å². The maximum absolute atomic E-state index is 12.5. The van der Waals surface area contributed by atoms with Crippen molar-refractivity contribution in [1.29, 1.82) is 0 Å². The number of imidazole rings is 1. The van der Waals surface area contributed by atoms with E-state index in [4.69, 9.17) is 11.6 Å². The molecule has 0 unspecified atom stereocenters. The molecule has 4 aromatic rings. The van der Waals surface area contributed by atoms with Crippen LogP contribution < -0.4 is 0 Å². The number of benzene rings is 1. The van der Waals surface area contributed by atoms with Gasteiger partial charge in [0.1, 0.15) is 5.69 Å². The number of nitrogens with zero attached hydrogens (tertiary/aromatic N) is 3. The normalized spacial score (nSPS) is 11.7. The molecule has 4 nitrogen and oxygen atoms in total. The summed E-state index contributed by atoms with van der Waals surface area (Å²) in [5, 5.41) is 4.18. The lowest BCUT2D eigenvalue weighted by Crippen LogP contribution is -1.99. The highest BCUT2D eigenvalue weighted by molar-refractivity contribution is 7.15. The lowest BCUT2D eigenvalue weighted by Gasteiger charge is -2.01. The van der Waals surface area contributed by atoms with Crippen molar-refractivity contribution in [2.24, 2.45) is 0 Å². The number of allylic oxidation sites excluding steroid dienone is 1. The molecule has 23 heavy (non-hydrogen) atoms. The zero-order chi connectivity index (χ0) is 15.8. The highest BCUT2D eigenvalue weighted by atomic mass is 35.5. The molecule has 0 aliphatic rings. The Bertz CT molecular complexity index is 1060. The van der Waals surface area contributed by atoms with Gasteiger partial charge in [-0.2, -0.15) is 0 Å². The van der Waals surface area contributed by atoms with Gasteiger partial charge in [0.05, 0.1) is 0 Å². The summed E-state index contributed by atoms with van der Waals surface area (Å²) >= 11 is 7.53. The van der Waals surface area contributed by atoms with Crippen LogP contribution in [0.5, 0.6) is 0 Å². The average Bonchev–Trinajstić information content (AvgIpc) is 3.12. The zero-order valence-corrected chi connectivity index (χ0v) is 13.4. The predicted octanol–water partition coefficient (Wildman–Crippen LogP) is 4.49. The maximum Gasteiger partial charge on any atom is 0.205 e. The van der Waals surface area contributed by atoms with Crippen LogP contribution in [0.2, 0.25) is 5.15 Å². The summed E-state index contributed by atoms with van der Waals surface area (Å²) in [6.07, 6.45) is 8.67. The van der Waals surface area contributed by atoms with Crippen LogP contribution in [0.1, 0.15) is 16.1 Å². The number of pyridine rings is 1. The number of aromatic nitrogens is 3. The van der Waals surface area contributed by atoms with E-state index in [0.29, 0.717) is 10.7 Å². The topological polar surface area (TPSA) is 47.3 Å². The standard InChI is InChI=1S/C17H10ClN3OS/c18-16-15(21-8-9-23-17(21)20-16)14(22)5-4-11-2-1-3-12-10-19-7-6-13(11)12/h1-10H/b5-4+. The van der Waals surface area contributed by atoms with Crippen LogP contribution in [-0.4, -0.2) is 20.2 Å². The first-order valence-corrected chi connectivity index (χ1v) is 8.16. The van der Waals surface area contributed by atoms with Gasteiger partial charge in [-0.15, -0.1) is 11.3 Å². The molecule has 0 spiro atoms. The van der Waals surface area contributed by atoms with Gasteiger partial charge in [0, 0.05) is 29.4 Å². The summed E-state index contributed by atoms with van der Waals surface area (Å²) in [5.74, 6) is -0.174. The van der Waals surface area contributed by atoms with Gasteiger partial charge in [-0.3, -0.25) is 14.2 Å². The van der Waals surface area contributed by atoms with Crippen LogP contribution in [-0.2, 0) is 0 Å². The predicted molar refractivity (Wildman–Crippen MR) is 93.2 cm³/mol. The van der Waals surface area contributed by atoms with E-state index in [0.717, 1.165) is 16.3 Å². The second-order valence-corrected chi connectivity index (χ2v) is 6.18. The molecule has 4 rings (SSSR count). The van der Waals surface area contributed by atoms with E-state index in [1.807, 2.05) is 29.6 Å². The van der Waals surface area contributed by atoms with Crippen LogP contribution in [0.4, 0.5) is 0 Å². The van der Waals surface area contributed by atoms with Crippen LogP contribution in [0.15, 0.2) is 54.3 Å². The molecule has 0 saturated heterocycles. The minimum absolute atomic E-state index is 0.174. The molecular weight excluding hydrogens is 330 g/mol. The van der Waals surface area contributed by atoms with Crippen LogP contribution in [0.25, 0.3) is 21.8 Å². The largest absolute Gasteiger partial charge is 0.287 e. The zero-order valence-electron chi connectivity index (χ0n) is 11.8. The first-order valence-electron chi connectivity index (χ1n) is 6.90. The Kier molecular flexibility index (Phi) is 3.44. The summed E-state index contributed by atoms with van der Waals surface area (Å²) in [4.78, 5) is 21.5. The summed E-state index contributed by atoms with van der Waals surface area (Å²) in [5.41, 5.74) is 1.35. The third-order valence-electron chi connectivity index (χ3n) is 3.58. The number of hydrogen-bond donors (Lipinski definition) is 0. The van der Waals surface area contributed by atoms with Gasteiger partial charge in [-0.05, 0) is 23.1 Å². The van der Waals surface area contributed by atoms with Crippen molar-refractivity contribution in [1.82, 2.24) is 14.4 Å². The molecular formula is C17H10ClN3OS. The number of fused-ring (bicyclic) bond motifs is 2. The van der Waals surface area contributed by atoms with Crippen molar-refractivity contribution in [3.8, 4) is 0 Å². The number of carbonyl (C=O) groups excluding carboxylic acids is 1. The fourth-order valence-electron chi connectivity index (χ4n) is 2.52. The second-order valence-electron chi connectivity index (χ2n) is 4.95. The number of rotatable bonds is 3. The molecule has 0 aliphatic carbocycles. The molecule has 0 atom stereocenters. The van der Waals surface area contributed by atoms with Gasteiger partial charge in [0.25, 0.3) is 0 Å². The molecule has 0 N–H and O–H groups in total. The Labute approximate surface area is 140 Å². The van der Waals surface area contributed by atoms with Crippen molar-refractivity contribution in [3.63, 3.8) is 0 Å². The van der Waals surface area contributed by atoms with Gasteiger partial charge in [0.15, 0.2) is 10.1 Å². The van der Waals surface area contributed by atoms with Crippen molar-refractivity contribution >= 4 is 50.5 Å². The number of carbonyl (C=O) groups is 1. The Morgan fingerprint density at radius 1 is 1.30 bits per heavy atom. The summed E-state index contributed by atoms with van der Waals surface area (Å²) in [6, 6.07) is 7.83. The summed E-state index contributed by atoms with van der Waals surface area (Å²) in [6.45, 7) is 0. The Hall–Kier alpha value is -2.50. The first kappa shape index (κ1) is 14.1. The molecule has 3 heterocycles. The van der Waals surface area contributed by atoms with E-state index in [-0.39, 0.29) is 10.9 Å². The highest BCUT2D eigenvalue weighted by Crippen LogP contribution is 2.23. The van der Waals surface area contributed by atoms with Gasteiger partial charge >= 0.3 is 0 Å². The fourth-order valence-corrected chi connectivity index (χ4v) is 3.55. The Morgan fingerprint density at radius 2 is 2.22 bits per heavy atom. The molecule has 0 radical (unpaired) electrons. The average molecular weight is 340 g/mol. The number of hydrogen-bond acceptors (Lipinski definition) is 4. The van der Waals surface area contributed by atoms with Crippen molar-refractivity contribution in [2.45, 2.75) is 0 Å². The van der Waals surface area contributed by atoms with E-state index in [2.05, 4.69) is 9.97 Å². The van der Waals surface area contributed by atoms with Gasteiger partial charge < -0.3 is 0 Å². The van der Waals surface area contributed by atoms with Crippen LogP contribution in [0, 0.1) is 0 Å². The van der Waals surface area contributed by atoms with Gasteiger partial charge in [-0.25, -0.2) is 4.98 Å². The molecule has 3 aromatic heterocycles. The first-order chi connectivity index (χ1) is 11.2. The Morgan fingerprint density at radius 3 is 3.13 bits per heavy atom. The van der Waals surface area contributed by atoms with E-state index in [9.17, 15) is 4.79 Å². The number of halogens is 1. The minimum atomic E-state index is -0.174. The van der Waals surface area contributed by atoms with E-state index < -0.39 is 0 Å². The van der Waals surface area contributed by atoms with E-state index in [1.54, 1.807) is 29.1 Å². The van der Waals surface area contributed by atoms with Gasteiger partial charge in [0.2, 0.25) is 5.78 Å². The summed E-state index contributed by atoms with van der Waals surface area (Å²) in [7, 11) is 0. The minimum Gasteiger partial charge on any atom is -0.287 e. The van der Waals surface area contributed by atoms with E-state index in [1.165, 1.54) is 17.4 Å². The molecule has 0 saturated carbocycles. The SMILES string of the molecule is O=C(/C=C/c1cccc2cnccc12)c1c(Cl)nc2sccn12. The molecule has 0 amide bonds. The third-order valence-corrected chi connectivity index (χ3v) is 4.60. The van der Waals surface area contributed by atoms with E-state index >= 15 is 0 Å².